The molecule has 2 heterocycles. The first-order valence-electron chi connectivity index (χ1n) is 7.12. The van der Waals surface area contributed by atoms with Gasteiger partial charge in [-0.15, -0.1) is 0 Å². The third kappa shape index (κ3) is 4.23. The fourth-order valence-electron chi connectivity index (χ4n) is 2.09. The first-order chi connectivity index (χ1) is 10.1. The van der Waals surface area contributed by atoms with Crippen LogP contribution in [0.4, 0.5) is 5.82 Å². The number of rotatable bonds is 6. The Morgan fingerprint density at radius 3 is 2.62 bits per heavy atom. The van der Waals surface area contributed by atoms with Gasteiger partial charge in [-0.3, -0.25) is 4.98 Å². The van der Waals surface area contributed by atoms with Gasteiger partial charge in [-0.2, -0.15) is 0 Å². The average molecular weight is 286 g/mol. The summed E-state index contributed by atoms with van der Waals surface area (Å²) in [5.74, 6) is 1.93. The molecule has 0 saturated carbocycles. The second-order valence-corrected chi connectivity index (χ2v) is 5.29. The van der Waals surface area contributed by atoms with E-state index >= 15 is 0 Å². The Hall–Kier alpha value is -2.01. The van der Waals surface area contributed by atoms with Gasteiger partial charge < -0.3 is 10.1 Å². The molecule has 0 saturated heterocycles. The van der Waals surface area contributed by atoms with Crippen molar-refractivity contribution in [2.24, 2.45) is 0 Å². The summed E-state index contributed by atoms with van der Waals surface area (Å²) in [6.45, 7) is 6.67. The summed E-state index contributed by atoms with van der Waals surface area (Å²) in [4.78, 5) is 13.3. The number of nitrogens with one attached hydrogen (secondary N) is 1. The minimum Gasteiger partial charge on any atom is -0.382 e. The van der Waals surface area contributed by atoms with E-state index in [1.165, 1.54) is 0 Å². The van der Waals surface area contributed by atoms with Crippen molar-refractivity contribution >= 4 is 5.82 Å². The highest BCUT2D eigenvalue weighted by molar-refractivity contribution is 5.39. The zero-order chi connectivity index (χ0) is 15.2. The van der Waals surface area contributed by atoms with Crippen molar-refractivity contribution < 1.29 is 4.74 Å². The van der Waals surface area contributed by atoms with E-state index in [2.05, 4.69) is 34.1 Å². The number of aromatic nitrogens is 3. The Morgan fingerprint density at radius 1 is 1.19 bits per heavy atom. The number of ether oxygens (including phenoxy) is 1. The van der Waals surface area contributed by atoms with Gasteiger partial charge in [0.05, 0.1) is 18.3 Å². The third-order valence-electron chi connectivity index (χ3n) is 3.15. The number of methoxy groups -OCH3 is 1. The quantitative estimate of drug-likeness (QED) is 0.884. The fraction of sp³-hybridized carbons (Fsp3) is 0.438. The molecule has 0 aliphatic carbocycles. The first-order valence-corrected chi connectivity index (χ1v) is 7.12. The monoisotopic (exact) mass is 286 g/mol. The van der Waals surface area contributed by atoms with Crippen molar-refractivity contribution in [2.45, 2.75) is 32.7 Å². The number of anilines is 1. The summed E-state index contributed by atoms with van der Waals surface area (Å²) in [6.07, 6.45) is 1.78. The van der Waals surface area contributed by atoms with Crippen molar-refractivity contribution in [1.82, 2.24) is 15.0 Å². The second-order valence-electron chi connectivity index (χ2n) is 5.29. The molecule has 112 valence electrons. The number of aryl methyl sites for hydroxylation is 1. The minimum absolute atomic E-state index is 0.0366. The van der Waals surface area contributed by atoms with E-state index in [4.69, 9.17) is 4.74 Å². The van der Waals surface area contributed by atoms with Crippen LogP contribution in [0.5, 0.6) is 0 Å². The highest BCUT2D eigenvalue weighted by atomic mass is 16.5. The van der Waals surface area contributed by atoms with Crippen molar-refractivity contribution in [3.05, 3.63) is 47.7 Å². The van der Waals surface area contributed by atoms with Crippen LogP contribution >= 0.6 is 0 Å². The van der Waals surface area contributed by atoms with E-state index in [0.29, 0.717) is 12.5 Å². The molecule has 5 heteroatoms. The molecule has 0 aliphatic heterocycles. The van der Waals surface area contributed by atoms with E-state index in [9.17, 15) is 0 Å². The summed E-state index contributed by atoms with van der Waals surface area (Å²) >= 11 is 0. The predicted molar refractivity (Wildman–Crippen MR) is 83.3 cm³/mol. The molecule has 5 nitrogen and oxygen atoms in total. The van der Waals surface area contributed by atoms with E-state index in [1.807, 2.05) is 31.2 Å². The lowest BCUT2D eigenvalue weighted by atomic mass is 10.1. The largest absolute Gasteiger partial charge is 0.382 e. The van der Waals surface area contributed by atoms with E-state index in [0.717, 1.165) is 23.0 Å². The van der Waals surface area contributed by atoms with Crippen LogP contribution in [0.3, 0.4) is 0 Å². The van der Waals surface area contributed by atoms with Crippen LogP contribution in [-0.2, 0) is 4.74 Å². The minimum atomic E-state index is -0.0366. The van der Waals surface area contributed by atoms with Crippen LogP contribution in [0.2, 0.25) is 0 Å². The molecule has 1 N–H and O–H groups in total. The van der Waals surface area contributed by atoms with Crippen LogP contribution in [-0.4, -0.2) is 28.7 Å². The molecule has 0 aliphatic rings. The normalized spacial score (nSPS) is 12.4. The lowest BCUT2D eigenvalue weighted by Crippen LogP contribution is -2.19. The zero-order valence-corrected chi connectivity index (χ0v) is 13.0. The van der Waals surface area contributed by atoms with E-state index in [-0.39, 0.29) is 6.04 Å². The molecule has 0 fully saturated rings. The van der Waals surface area contributed by atoms with Gasteiger partial charge in [0.2, 0.25) is 0 Å². The molecular weight excluding hydrogens is 264 g/mol. The van der Waals surface area contributed by atoms with Crippen molar-refractivity contribution in [2.75, 3.05) is 19.0 Å². The lowest BCUT2D eigenvalue weighted by Gasteiger charge is -2.19. The maximum absolute atomic E-state index is 5.29. The summed E-state index contributed by atoms with van der Waals surface area (Å²) in [5, 5.41) is 3.39. The van der Waals surface area contributed by atoms with Crippen LogP contribution in [0.15, 0.2) is 30.5 Å². The zero-order valence-electron chi connectivity index (χ0n) is 13.0. The molecule has 2 aromatic heterocycles. The summed E-state index contributed by atoms with van der Waals surface area (Å²) in [7, 11) is 1.68. The van der Waals surface area contributed by atoms with Gasteiger partial charge in [-0.1, -0.05) is 19.9 Å². The van der Waals surface area contributed by atoms with Gasteiger partial charge in [0.15, 0.2) is 0 Å². The highest BCUT2D eigenvalue weighted by Crippen LogP contribution is 2.20. The number of pyridine rings is 1. The third-order valence-corrected chi connectivity index (χ3v) is 3.15. The number of hydrogen-bond acceptors (Lipinski definition) is 5. The molecule has 2 rings (SSSR count). The van der Waals surface area contributed by atoms with Crippen LogP contribution < -0.4 is 5.32 Å². The molecular formula is C16H22N4O. The van der Waals surface area contributed by atoms with Crippen molar-refractivity contribution in [1.29, 1.82) is 0 Å². The van der Waals surface area contributed by atoms with E-state index in [1.54, 1.807) is 13.3 Å². The molecule has 0 spiro atoms. The van der Waals surface area contributed by atoms with E-state index < -0.39 is 0 Å². The number of nitrogens with zero attached hydrogens (tertiary/aromatic N) is 3. The molecule has 0 unspecified atom stereocenters. The first kappa shape index (κ1) is 15.4. The smallest absolute Gasteiger partial charge is 0.130 e. The molecule has 2 aromatic rings. The SMILES string of the molecule is COC[C@H](Nc1cc(C(C)C)nc(C)n1)c1ccccn1. The summed E-state index contributed by atoms with van der Waals surface area (Å²) in [6, 6.07) is 7.80. The van der Waals surface area contributed by atoms with Crippen LogP contribution in [0.25, 0.3) is 0 Å². The second kappa shape index (κ2) is 7.13. The fourth-order valence-corrected chi connectivity index (χ4v) is 2.09. The lowest BCUT2D eigenvalue weighted by molar-refractivity contribution is 0.185. The average Bonchev–Trinajstić information content (AvgIpc) is 2.47. The summed E-state index contributed by atoms with van der Waals surface area (Å²) < 4.78 is 5.29. The maximum Gasteiger partial charge on any atom is 0.130 e. The highest BCUT2D eigenvalue weighted by Gasteiger charge is 2.14. The Balaban J connectivity index is 2.25. The standard InChI is InChI=1S/C16H22N4O/c1-11(2)14-9-16(19-12(3)18-14)20-15(10-21-4)13-7-5-6-8-17-13/h5-9,11,15H,10H2,1-4H3,(H,18,19,20)/t15-/m0/s1. The van der Waals surface area contributed by atoms with Gasteiger partial charge in [0, 0.05) is 25.1 Å². The predicted octanol–water partition coefficient (Wildman–Crippen LogP) is 3.10. The van der Waals surface area contributed by atoms with Gasteiger partial charge in [-0.05, 0) is 25.0 Å². The Labute approximate surface area is 125 Å². The molecule has 0 amide bonds. The van der Waals surface area contributed by atoms with Crippen LogP contribution in [0.1, 0.15) is 43.0 Å². The molecule has 0 bridgehead atoms. The van der Waals surface area contributed by atoms with Crippen LogP contribution in [0, 0.1) is 6.92 Å². The Morgan fingerprint density at radius 2 is 2.00 bits per heavy atom. The number of hydrogen-bond donors (Lipinski definition) is 1. The molecule has 1 atom stereocenters. The molecule has 0 aromatic carbocycles. The Kier molecular flexibility index (Phi) is 5.22. The maximum atomic E-state index is 5.29. The van der Waals surface area contributed by atoms with Crippen molar-refractivity contribution in [3.63, 3.8) is 0 Å². The Bertz CT molecular complexity index is 572. The molecule has 21 heavy (non-hydrogen) atoms. The van der Waals surface area contributed by atoms with Gasteiger partial charge in [0.1, 0.15) is 11.6 Å². The van der Waals surface area contributed by atoms with Crippen molar-refractivity contribution in [3.8, 4) is 0 Å². The topological polar surface area (TPSA) is 59.9 Å². The van der Waals surface area contributed by atoms with Gasteiger partial charge in [-0.25, -0.2) is 9.97 Å². The van der Waals surface area contributed by atoms with Gasteiger partial charge >= 0.3 is 0 Å². The summed E-state index contributed by atoms with van der Waals surface area (Å²) in [5.41, 5.74) is 1.96. The molecule has 0 radical (unpaired) electrons. The van der Waals surface area contributed by atoms with Gasteiger partial charge in [0.25, 0.3) is 0 Å².